The summed E-state index contributed by atoms with van der Waals surface area (Å²) in [5, 5.41) is 0. The first-order valence-electron chi connectivity index (χ1n) is 5.57. The second kappa shape index (κ2) is 5.73. The molecule has 0 aromatic rings. The van der Waals surface area contributed by atoms with Gasteiger partial charge in [-0.3, -0.25) is 9.59 Å². The molecule has 1 atom stereocenters. The van der Waals surface area contributed by atoms with Gasteiger partial charge in [-0.2, -0.15) is 0 Å². The summed E-state index contributed by atoms with van der Waals surface area (Å²) in [5.74, 6) is -0.993. The van der Waals surface area contributed by atoms with E-state index in [0.717, 1.165) is 25.8 Å². The van der Waals surface area contributed by atoms with Crippen LogP contribution in [0.2, 0.25) is 0 Å². The molecule has 1 aliphatic heterocycles. The normalized spacial score (nSPS) is 20.8. The van der Waals surface area contributed by atoms with E-state index in [1.54, 1.807) is 4.90 Å². The van der Waals surface area contributed by atoms with Gasteiger partial charge in [0.05, 0.1) is 7.11 Å². The zero-order valence-electron chi connectivity index (χ0n) is 9.49. The van der Waals surface area contributed by atoms with Crippen molar-refractivity contribution in [3.05, 3.63) is 0 Å². The fraction of sp³-hybridized carbons (Fsp3) is 0.818. The highest BCUT2D eigenvalue weighted by molar-refractivity contribution is 5.99. The predicted molar refractivity (Wildman–Crippen MR) is 56.2 cm³/mol. The lowest BCUT2D eigenvalue weighted by molar-refractivity contribution is -0.150. The molecule has 1 saturated heterocycles. The number of carbonyl (C=O) groups is 2. The van der Waals surface area contributed by atoms with Gasteiger partial charge in [0.2, 0.25) is 5.91 Å². The Morgan fingerprint density at radius 3 is 2.87 bits per heavy atom. The molecule has 1 amide bonds. The van der Waals surface area contributed by atoms with Gasteiger partial charge < -0.3 is 9.64 Å². The first-order valence-corrected chi connectivity index (χ1v) is 5.57. The van der Waals surface area contributed by atoms with Crippen LogP contribution in [-0.2, 0) is 14.3 Å². The summed E-state index contributed by atoms with van der Waals surface area (Å²) in [4.78, 5) is 24.7. The van der Waals surface area contributed by atoms with Crippen molar-refractivity contribution in [1.29, 1.82) is 0 Å². The fourth-order valence-electron chi connectivity index (χ4n) is 1.87. The molecule has 0 spiro atoms. The largest absolute Gasteiger partial charge is 0.468 e. The van der Waals surface area contributed by atoms with Crippen LogP contribution in [0.15, 0.2) is 0 Å². The van der Waals surface area contributed by atoms with Gasteiger partial charge >= 0.3 is 5.97 Å². The van der Waals surface area contributed by atoms with E-state index in [9.17, 15) is 9.59 Å². The van der Waals surface area contributed by atoms with E-state index in [4.69, 9.17) is 0 Å². The Morgan fingerprint density at radius 2 is 2.27 bits per heavy atom. The quantitative estimate of drug-likeness (QED) is 0.391. The number of nitrogens with zero attached hydrogens (tertiary/aromatic N) is 1. The van der Waals surface area contributed by atoms with Crippen LogP contribution < -0.4 is 0 Å². The van der Waals surface area contributed by atoms with Crippen LogP contribution >= 0.6 is 0 Å². The van der Waals surface area contributed by atoms with Gasteiger partial charge in [-0.05, 0) is 12.8 Å². The first kappa shape index (κ1) is 12.0. The van der Waals surface area contributed by atoms with Crippen LogP contribution in [0.3, 0.4) is 0 Å². The van der Waals surface area contributed by atoms with Crippen molar-refractivity contribution in [3.8, 4) is 0 Å². The number of methoxy groups -OCH3 is 1. The van der Waals surface area contributed by atoms with Gasteiger partial charge in [-0.25, -0.2) is 0 Å². The standard InChI is InChI=1S/C11H19NO3/c1-3-4-5-7-12-8-6-9(10(12)13)11(14)15-2/h9H,3-8H2,1-2H3. The molecule has 1 rings (SSSR count). The van der Waals surface area contributed by atoms with Gasteiger partial charge in [0.25, 0.3) is 0 Å². The Kier molecular flexibility index (Phi) is 4.59. The molecule has 1 aliphatic rings. The number of hydrogen-bond donors (Lipinski definition) is 0. The number of likely N-dealkylation sites (tertiary alicyclic amines) is 1. The van der Waals surface area contributed by atoms with Crippen molar-refractivity contribution in [2.45, 2.75) is 32.6 Å². The molecule has 0 bridgehead atoms. The summed E-state index contributed by atoms with van der Waals surface area (Å²) < 4.78 is 4.59. The number of hydrogen-bond acceptors (Lipinski definition) is 3. The molecular weight excluding hydrogens is 194 g/mol. The van der Waals surface area contributed by atoms with E-state index < -0.39 is 11.9 Å². The minimum Gasteiger partial charge on any atom is -0.468 e. The zero-order chi connectivity index (χ0) is 11.3. The topological polar surface area (TPSA) is 46.6 Å². The van der Waals surface area contributed by atoms with Crippen molar-refractivity contribution in [1.82, 2.24) is 4.90 Å². The van der Waals surface area contributed by atoms with E-state index in [1.807, 2.05) is 0 Å². The molecule has 86 valence electrons. The highest BCUT2D eigenvalue weighted by Gasteiger charge is 2.37. The fourth-order valence-corrected chi connectivity index (χ4v) is 1.87. The number of esters is 1. The van der Waals surface area contributed by atoms with Crippen LogP contribution in [0.4, 0.5) is 0 Å². The molecule has 0 N–H and O–H groups in total. The molecular formula is C11H19NO3. The Labute approximate surface area is 90.6 Å². The molecule has 0 radical (unpaired) electrons. The van der Waals surface area contributed by atoms with Crippen molar-refractivity contribution in [2.75, 3.05) is 20.2 Å². The lowest BCUT2D eigenvalue weighted by Crippen LogP contribution is -2.31. The van der Waals surface area contributed by atoms with E-state index >= 15 is 0 Å². The minimum absolute atomic E-state index is 0.0575. The monoisotopic (exact) mass is 213 g/mol. The maximum atomic E-state index is 11.7. The summed E-state index contributed by atoms with van der Waals surface area (Å²) in [6.45, 7) is 3.60. The Bertz CT molecular complexity index is 240. The molecule has 4 nitrogen and oxygen atoms in total. The number of carbonyl (C=O) groups excluding carboxylic acids is 2. The summed E-state index contributed by atoms with van der Waals surface area (Å²) in [5.41, 5.74) is 0. The average molecular weight is 213 g/mol. The second-order valence-electron chi connectivity index (χ2n) is 3.90. The number of amides is 1. The maximum Gasteiger partial charge on any atom is 0.318 e. The smallest absolute Gasteiger partial charge is 0.318 e. The lowest BCUT2D eigenvalue weighted by Gasteiger charge is -2.15. The highest BCUT2D eigenvalue weighted by atomic mass is 16.5. The van der Waals surface area contributed by atoms with Crippen LogP contribution in [0, 0.1) is 5.92 Å². The van der Waals surface area contributed by atoms with E-state index in [0.29, 0.717) is 13.0 Å². The van der Waals surface area contributed by atoms with Crippen LogP contribution in [0.5, 0.6) is 0 Å². The molecule has 1 unspecified atom stereocenters. The number of ether oxygens (including phenoxy) is 1. The number of unbranched alkanes of at least 4 members (excludes halogenated alkanes) is 2. The van der Waals surface area contributed by atoms with Crippen LogP contribution in [0.1, 0.15) is 32.6 Å². The lowest BCUT2D eigenvalue weighted by atomic mass is 10.1. The van der Waals surface area contributed by atoms with E-state index in [2.05, 4.69) is 11.7 Å². The number of rotatable bonds is 5. The molecule has 1 heterocycles. The Hall–Kier alpha value is -1.06. The van der Waals surface area contributed by atoms with Crippen molar-refractivity contribution < 1.29 is 14.3 Å². The first-order chi connectivity index (χ1) is 7.20. The van der Waals surface area contributed by atoms with Crippen LogP contribution in [0.25, 0.3) is 0 Å². The van der Waals surface area contributed by atoms with Gasteiger partial charge in [0.15, 0.2) is 0 Å². The van der Waals surface area contributed by atoms with Crippen molar-refractivity contribution in [2.24, 2.45) is 5.92 Å². The van der Waals surface area contributed by atoms with Crippen LogP contribution in [-0.4, -0.2) is 37.0 Å². The summed E-state index contributed by atoms with van der Waals surface area (Å²) in [7, 11) is 1.33. The third-order valence-corrected chi connectivity index (χ3v) is 2.81. The van der Waals surface area contributed by atoms with E-state index in [-0.39, 0.29) is 5.91 Å². The second-order valence-corrected chi connectivity index (χ2v) is 3.90. The SMILES string of the molecule is CCCCCN1CCC(C(=O)OC)C1=O. The van der Waals surface area contributed by atoms with Crippen molar-refractivity contribution in [3.63, 3.8) is 0 Å². The molecule has 15 heavy (non-hydrogen) atoms. The molecule has 0 saturated carbocycles. The zero-order valence-corrected chi connectivity index (χ0v) is 9.49. The van der Waals surface area contributed by atoms with Gasteiger partial charge in [0, 0.05) is 13.1 Å². The maximum absolute atomic E-state index is 11.7. The molecule has 4 heteroatoms. The van der Waals surface area contributed by atoms with Gasteiger partial charge in [0.1, 0.15) is 5.92 Å². The minimum atomic E-state index is -0.545. The van der Waals surface area contributed by atoms with E-state index in [1.165, 1.54) is 7.11 Å². The summed E-state index contributed by atoms with van der Waals surface area (Å²) in [6, 6.07) is 0. The Morgan fingerprint density at radius 1 is 1.53 bits per heavy atom. The average Bonchev–Trinajstić information content (AvgIpc) is 2.60. The van der Waals surface area contributed by atoms with Gasteiger partial charge in [-0.15, -0.1) is 0 Å². The highest BCUT2D eigenvalue weighted by Crippen LogP contribution is 2.19. The van der Waals surface area contributed by atoms with Crippen molar-refractivity contribution >= 4 is 11.9 Å². The third kappa shape index (κ3) is 2.94. The molecule has 1 fully saturated rings. The summed E-state index contributed by atoms with van der Waals surface area (Å²) >= 11 is 0. The van der Waals surface area contributed by atoms with Gasteiger partial charge in [-0.1, -0.05) is 19.8 Å². The predicted octanol–water partition coefficient (Wildman–Crippen LogP) is 1.20. The summed E-state index contributed by atoms with van der Waals surface area (Å²) in [6.07, 6.45) is 3.91. The molecule has 0 aromatic heterocycles. The molecule has 0 aliphatic carbocycles. The Balaban J connectivity index is 2.38. The molecule has 0 aromatic carbocycles. The third-order valence-electron chi connectivity index (χ3n) is 2.81.